The summed E-state index contributed by atoms with van der Waals surface area (Å²) in [6, 6.07) is 0. The summed E-state index contributed by atoms with van der Waals surface area (Å²) in [4.78, 5) is 0. The largest absolute Gasteiger partial charge is 0.507 e. The molecule has 2 nitrogen and oxygen atoms in total. The number of hydrogen-bond acceptors (Lipinski definition) is 2. The van der Waals surface area contributed by atoms with Gasteiger partial charge in [0.25, 0.3) is 0 Å². The third-order valence-corrected chi connectivity index (χ3v) is 12.1. The minimum Gasteiger partial charge on any atom is -0.507 e. The van der Waals surface area contributed by atoms with E-state index in [2.05, 4.69) is 41.5 Å². The minimum absolute atomic E-state index is 0.103. The molecule has 8 fully saturated rings. The SMILES string of the molecule is CC(C)(C)c1c(O)c(C23CC4CC(CC(C4)C2)C3)c(C(C)(C)C)c(C23CC4CC(CC(C4)C2)C3)c1O. The van der Waals surface area contributed by atoms with Gasteiger partial charge < -0.3 is 10.2 Å². The van der Waals surface area contributed by atoms with E-state index >= 15 is 0 Å². The fourth-order valence-electron chi connectivity index (χ4n) is 12.1. The van der Waals surface area contributed by atoms with Gasteiger partial charge in [-0.3, -0.25) is 0 Å². The fraction of sp³-hybridized carbons (Fsp3) is 0.824. The molecule has 8 bridgehead atoms. The summed E-state index contributed by atoms with van der Waals surface area (Å²) in [6.07, 6.45) is 16.0. The van der Waals surface area contributed by atoms with E-state index in [-0.39, 0.29) is 21.7 Å². The molecule has 0 spiro atoms. The van der Waals surface area contributed by atoms with Crippen molar-refractivity contribution in [3.05, 3.63) is 22.3 Å². The molecule has 198 valence electrons. The molecule has 0 atom stereocenters. The first kappa shape index (κ1) is 23.9. The minimum atomic E-state index is -0.293. The van der Waals surface area contributed by atoms with E-state index in [0.717, 1.165) is 41.1 Å². The molecule has 2 N–H and O–H groups in total. The third-order valence-electron chi connectivity index (χ3n) is 12.1. The summed E-state index contributed by atoms with van der Waals surface area (Å²) in [5.41, 5.74) is 4.64. The van der Waals surface area contributed by atoms with E-state index in [9.17, 15) is 10.2 Å². The van der Waals surface area contributed by atoms with Crippen LogP contribution in [0.1, 0.15) is 141 Å². The molecule has 8 aliphatic rings. The highest BCUT2D eigenvalue weighted by Gasteiger charge is 2.58. The van der Waals surface area contributed by atoms with Gasteiger partial charge in [0.2, 0.25) is 0 Å². The van der Waals surface area contributed by atoms with Crippen molar-refractivity contribution in [3.8, 4) is 11.5 Å². The third kappa shape index (κ3) is 3.27. The molecule has 0 unspecified atom stereocenters. The second kappa shape index (κ2) is 7.26. The normalized spacial score (nSPS) is 42.9. The lowest BCUT2D eigenvalue weighted by Crippen LogP contribution is -2.51. The highest BCUT2D eigenvalue weighted by molar-refractivity contribution is 5.67. The average Bonchev–Trinajstić information content (AvgIpc) is 2.69. The van der Waals surface area contributed by atoms with Crippen LogP contribution in [0.25, 0.3) is 0 Å². The molecule has 2 heteroatoms. The molecule has 0 aromatic heterocycles. The molecule has 1 aromatic carbocycles. The van der Waals surface area contributed by atoms with E-state index in [1.807, 2.05) is 0 Å². The Hall–Kier alpha value is -1.18. The van der Waals surface area contributed by atoms with E-state index in [4.69, 9.17) is 0 Å². The maximum absolute atomic E-state index is 12.4. The van der Waals surface area contributed by atoms with Gasteiger partial charge in [-0.2, -0.15) is 0 Å². The lowest BCUT2D eigenvalue weighted by molar-refractivity contribution is -0.0113. The lowest BCUT2D eigenvalue weighted by Gasteiger charge is -2.60. The second-order valence-corrected chi connectivity index (χ2v) is 17.1. The molecule has 1 aromatic rings. The predicted molar refractivity (Wildman–Crippen MR) is 147 cm³/mol. The predicted octanol–water partition coefficient (Wildman–Crippen LogP) is 8.63. The first-order valence-corrected chi connectivity index (χ1v) is 15.4. The van der Waals surface area contributed by atoms with E-state index in [0.29, 0.717) is 11.5 Å². The maximum Gasteiger partial charge on any atom is 0.127 e. The molecular formula is C34H50O2. The van der Waals surface area contributed by atoms with Crippen molar-refractivity contribution in [2.24, 2.45) is 35.5 Å². The molecular weight excluding hydrogens is 440 g/mol. The van der Waals surface area contributed by atoms with Crippen LogP contribution in [0.15, 0.2) is 0 Å². The highest BCUT2D eigenvalue weighted by Crippen LogP contribution is 2.68. The number of benzene rings is 1. The number of phenols is 2. The van der Waals surface area contributed by atoms with E-state index in [1.54, 1.807) is 0 Å². The summed E-state index contributed by atoms with van der Waals surface area (Å²) in [5, 5.41) is 24.7. The monoisotopic (exact) mass is 490 g/mol. The average molecular weight is 491 g/mol. The molecule has 9 rings (SSSR count). The summed E-state index contributed by atoms with van der Waals surface area (Å²) in [7, 11) is 0. The highest BCUT2D eigenvalue weighted by atomic mass is 16.3. The van der Waals surface area contributed by atoms with Gasteiger partial charge in [0.05, 0.1) is 0 Å². The van der Waals surface area contributed by atoms with Gasteiger partial charge in [0.15, 0.2) is 0 Å². The Balaban J connectivity index is 1.55. The smallest absolute Gasteiger partial charge is 0.127 e. The van der Waals surface area contributed by atoms with Crippen molar-refractivity contribution in [2.45, 2.75) is 140 Å². The second-order valence-electron chi connectivity index (χ2n) is 17.1. The van der Waals surface area contributed by atoms with Crippen LogP contribution < -0.4 is 0 Å². The van der Waals surface area contributed by atoms with Gasteiger partial charge in [-0.15, -0.1) is 0 Å². The number of hydrogen-bond donors (Lipinski definition) is 2. The van der Waals surface area contributed by atoms with Crippen LogP contribution in [-0.4, -0.2) is 10.2 Å². The van der Waals surface area contributed by atoms with Gasteiger partial charge in [0, 0.05) is 27.5 Å². The van der Waals surface area contributed by atoms with Crippen LogP contribution >= 0.6 is 0 Å². The van der Waals surface area contributed by atoms with Crippen LogP contribution in [0.3, 0.4) is 0 Å². The summed E-state index contributed by atoms with van der Waals surface area (Å²) in [5.74, 6) is 5.94. The number of aromatic hydroxyl groups is 2. The standard InChI is InChI=1S/C34H50O2/c1-31(2,3)25-26(33-13-19-7-20(14-33)9-21(8-19)15-33)29(35)28(32(4,5)6)30(36)27(25)34-16-22-10-23(17-34)12-24(11-22)18-34/h19-24,35-36H,7-18H2,1-6H3. The number of phenolic OH excluding ortho intramolecular Hbond substituents is 2. The molecule has 0 aliphatic heterocycles. The summed E-state index contributed by atoms with van der Waals surface area (Å²) in [6.45, 7) is 13.7. The van der Waals surface area contributed by atoms with Crippen molar-refractivity contribution in [2.75, 3.05) is 0 Å². The van der Waals surface area contributed by atoms with Gasteiger partial charge in [-0.05, 0) is 129 Å². The Bertz CT molecular complexity index is 952. The van der Waals surface area contributed by atoms with Gasteiger partial charge in [-0.1, -0.05) is 41.5 Å². The van der Waals surface area contributed by atoms with Gasteiger partial charge in [0.1, 0.15) is 11.5 Å². The zero-order valence-electron chi connectivity index (χ0n) is 23.8. The zero-order chi connectivity index (χ0) is 25.4. The van der Waals surface area contributed by atoms with Crippen LogP contribution in [0.2, 0.25) is 0 Å². The zero-order valence-corrected chi connectivity index (χ0v) is 23.8. The van der Waals surface area contributed by atoms with Crippen molar-refractivity contribution in [3.63, 3.8) is 0 Å². The molecule has 8 saturated carbocycles. The number of rotatable bonds is 2. The van der Waals surface area contributed by atoms with Crippen LogP contribution in [0.5, 0.6) is 11.5 Å². The van der Waals surface area contributed by atoms with Crippen molar-refractivity contribution in [1.82, 2.24) is 0 Å². The van der Waals surface area contributed by atoms with E-state index < -0.39 is 0 Å². The van der Waals surface area contributed by atoms with Crippen molar-refractivity contribution >= 4 is 0 Å². The van der Waals surface area contributed by atoms with Gasteiger partial charge in [-0.25, -0.2) is 0 Å². The van der Waals surface area contributed by atoms with Crippen molar-refractivity contribution in [1.29, 1.82) is 0 Å². The van der Waals surface area contributed by atoms with Crippen LogP contribution in [0, 0.1) is 35.5 Å². The Labute approximate surface area is 219 Å². The molecule has 8 aliphatic carbocycles. The summed E-state index contributed by atoms with van der Waals surface area (Å²) < 4.78 is 0. The topological polar surface area (TPSA) is 40.5 Å². The Morgan fingerprint density at radius 3 is 0.944 bits per heavy atom. The van der Waals surface area contributed by atoms with Gasteiger partial charge >= 0.3 is 0 Å². The van der Waals surface area contributed by atoms with Crippen LogP contribution in [-0.2, 0) is 21.7 Å². The first-order chi connectivity index (χ1) is 16.8. The van der Waals surface area contributed by atoms with E-state index in [1.165, 1.54) is 93.7 Å². The Kier molecular flexibility index (Phi) is 4.82. The van der Waals surface area contributed by atoms with Crippen LogP contribution in [0.4, 0.5) is 0 Å². The first-order valence-electron chi connectivity index (χ1n) is 15.4. The molecule has 0 saturated heterocycles. The molecule has 0 heterocycles. The Morgan fingerprint density at radius 2 is 0.722 bits per heavy atom. The molecule has 0 radical (unpaired) electrons. The summed E-state index contributed by atoms with van der Waals surface area (Å²) >= 11 is 0. The fourth-order valence-corrected chi connectivity index (χ4v) is 12.1. The Morgan fingerprint density at radius 1 is 0.472 bits per heavy atom. The quantitative estimate of drug-likeness (QED) is 0.435. The maximum atomic E-state index is 12.4. The molecule has 0 amide bonds. The molecule has 36 heavy (non-hydrogen) atoms. The lowest BCUT2D eigenvalue weighted by atomic mass is 9.44. The van der Waals surface area contributed by atoms with Crippen molar-refractivity contribution < 1.29 is 10.2 Å².